The fourth-order valence-corrected chi connectivity index (χ4v) is 0.672. The molecule has 0 aromatic heterocycles. The van der Waals surface area contributed by atoms with Crippen molar-refractivity contribution < 1.29 is 4.79 Å². The van der Waals surface area contributed by atoms with Crippen molar-refractivity contribution in [2.45, 2.75) is 25.8 Å². The lowest BCUT2D eigenvalue weighted by Crippen LogP contribution is -2.45. The number of rotatable bonds is 4. The van der Waals surface area contributed by atoms with Crippen LogP contribution in [0.25, 0.3) is 0 Å². The maximum atomic E-state index is 10.8. The summed E-state index contributed by atoms with van der Waals surface area (Å²) in [6, 6.07) is 0. The van der Waals surface area contributed by atoms with Crippen molar-refractivity contribution in [1.82, 2.24) is 5.32 Å². The Bertz CT molecular complexity index is 131. The van der Waals surface area contributed by atoms with E-state index in [1.165, 1.54) is 0 Å². The Balaban J connectivity index is 3.46. The van der Waals surface area contributed by atoms with Gasteiger partial charge in [0, 0.05) is 24.4 Å². The largest absolute Gasteiger partial charge is 0.354 e. The van der Waals surface area contributed by atoms with Crippen molar-refractivity contribution >= 4 is 17.5 Å². The highest BCUT2D eigenvalue weighted by atomic mass is 35.5. The van der Waals surface area contributed by atoms with Gasteiger partial charge in [0.05, 0.1) is 0 Å². The molecule has 0 bridgehead atoms. The van der Waals surface area contributed by atoms with E-state index < -0.39 is 0 Å². The van der Waals surface area contributed by atoms with Crippen LogP contribution in [0.3, 0.4) is 0 Å². The van der Waals surface area contributed by atoms with E-state index in [9.17, 15) is 4.79 Å². The molecule has 0 unspecified atom stereocenters. The second kappa shape index (κ2) is 4.57. The molecule has 1 amide bonds. The van der Waals surface area contributed by atoms with Crippen LogP contribution < -0.4 is 11.1 Å². The van der Waals surface area contributed by atoms with E-state index in [2.05, 4.69) is 5.32 Å². The molecule has 3 N–H and O–H groups in total. The molecule has 0 saturated carbocycles. The number of hydrogen-bond donors (Lipinski definition) is 2. The molecule has 66 valence electrons. The summed E-state index contributed by atoms with van der Waals surface area (Å²) >= 11 is 5.35. The third-order valence-corrected chi connectivity index (χ3v) is 1.25. The van der Waals surface area contributed by atoms with Crippen molar-refractivity contribution in [3.8, 4) is 0 Å². The Morgan fingerprint density at radius 3 is 2.55 bits per heavy atom. The SMILES string of the molecule is CC(C)(N)CNC(=O)CCCl. The first-order valence-corrected chi connectivity index (χ1v) is 4.11. The molecule has 0 radical (unpaired) electrons. The highest BCUT2D eigenvalue weighted by Crippen LogP contribution is 1.93. The highest BCUT2D eigenvalue weighted by Gasteiger charge is 2.11. The number of carbonyl (C=O) groups excluding carboxylic acids is 1. The van der Waals surface area contributed by atoms with E-state index in [1.54, 1.807) is 0 Å². The van der Waals surface area contributed by atoms with Gasteiger partial charge >= 0.3 is 0 Å². The van der Waals surface area contributed by atoms with Gasteiger partial charge in [-0.3, -0.25) is 4.79 Å². The van der Waals surface area contributed by atoms with E-state index >= 15 is 0 Å². The third kappa shape index (κ3) is 7.62. The van der Waals surface area contributed by atoms with Crippen LogP contribution in [0.15, 0.2) is 0 Å². The van der Waals surface area contributed by atoms with Crippen molar-refractivity contribution in [3.63, 3.8) is 0 Å². The highest BCUT2D eigenvalue weighted by molar-refractivity contribution is 6.18. The molecule has 0 rings (SSSR count). The minimum absolute atomic E-state index is 0.0430. The van der Waals surface area contributed by atoms with Gasteiger partial charge in [0.1, 0.15) is 0 Å². The maximum absolute atomic E-state index is 10.8. The summed E-state index contributed by atoms with van der Waals surface area (Å²) in [6.07, 6.45) is 0.359. The quantitative estimate of drug-likeness (QED) is 0.615. The van der Waals surface area contributed by atoms with Crippen LogP contribution in [0, 0.1) is 0 Å². The summed E-state index contributed by atoms with van der Waals surface area (Å²) in [5, 5.41) is 2.68. The number of alkyl halides is 1. The zero-order valence-corrected chi connectivity index (χ0v) is 7.74. The number of amides is 1. The van der Waals surface area contributed by atoms with Crippen LogP contribution in [0.4, 0.5) is 0 Å². The number of nitrogens with one attached hydrogen (secondary N) is 1. The first-order chi connectivity index (χ1) is 4.95. The van der Waals surface area contributed by atoms with E-state index in [1.807, 2.05) is 13.8 Å². The van der Waals surface area contributed by atoms with Gasteiger partial charge in [-0.05, 0) is 13.8 Å². The smallest absolute Gasteiger partial charge is 0.221 e. The van der Waals surface area contributed by atoms with Gasteiger partial charge in [0.15, 0.2) is 0 Å². The molecule has 0 spiro atoms. The molecule has 11 heavy (non-hydrogen) atoms. The van der Waals surface area contributed by atoms with Crippen molar-refractivity contribution in [2.24, 2.45) is 5.73 Å². The lowest BCUT2D eigenvalue weighted by Gasteiger charge is -2.18. The van der Waals surface area contributed by atoms with E-state index in [0.29, 0.717) is 18.8 Å². The Kier molecular flexibility index (Phi) is 4.45. The molecule has 0 atom stereocenters. The second-order valence-electron chi connectivity index (χ2n) is 3.20. The standard InChI is InChI=1S/C7H15ClN2O/c1-7(2,9)5-10-6(11)3-4-8/h3-5,9H2,1-2H3,(H,10,11). The maximum Gasteiger partial charge on any atom is 0.221 e. The number of nitrogens with two attached hydrogens (primary N) is 1. The van der Waals surface area contributed by atoms with Crippen LogP contribution in [0.1, 0.15) is 20.3 Å². The molecular weight excluding hydrogens is 164 g/mol. The van der Waals surface area contributed by atoms with Gasteiger partial charge in [-0.25, -0.2) is 0 Å². The zero-order valence-electron chi connectivity index (χ0n) is 6.98. The molecule has 3 nitrogen and oxygen atoms in total. The summed E-state index contributed by atoms with van der Waals surface area (Å²) in [6.45, 7) is 4.20. The Morgan fingerprint density at radius 2 is 2.18 bits per heavy atom. The molecule has 0 aliphatic carbocycles. The van der Waals surface area contributed by atoms with Crippen molar-refractivity contribution in [2.75, 3.05) is 12.4 Å². The molecule has 0 fully saturated rings. The lowest BCUT2D eigenvalue weighted by atomic mass is 10.1. The summed E-state index contributed by atoms with van der Waals surface area (Å²) in [7, 11) is 0. The number of carbonyl (C=O) groups is 1. The van der Waals surface area contributed by atoms with Gasteiger partial charge < -0.3 is 11.1 Å². The molecule has 0 aromatic rings. The van der Waals surface area contributed by atoms with E-state index in [4.69, 9.17) is 17.3 Å². The molecule has 4 heteroatoms. The molecule has 0 aliphatic rings. The minimum Gasteiger partial charge on any atom is -0.354 e. The Hall–Kier alpha value is -0.280. The normalized spacial score (nSPS) is 11.3. The van der Waals surface area contributed by atoms with Crippen LogP contribution in [0.5, 0.6) is 0 Å². The van der Waals surface area contributed by atoms with Gasteiger partial charge in [-0.2, -0.15) is 0 Å². The first-order valence-electron chi connectivity index (χ1n) is 3.57. The molecule has 0 heterocycles. The molecule has 0 aromatic carbocycles. The summed E-state index contributed by atoms with van der Waals surface area (Å²) in [4.78, 5) is 10.8. The Morgan fingerprint density at radius 1 is 1.64 bits per heavy atom. The van der Waals surface area contributed by atoms with Gasteiger partial charge in [0.25, 0.3) is 0 Å². The van der Waals surface area contributed by atoms with Crippen LogP contribution in [-0.2, 0) is 4.79 Å². The average Bonchev–Trinajstić information content (AvgIpc) is 1.83. The summed E-state index contributed by atoms with van der Waals surface area (Å²) < 4.78 is 0. The van der Waals surface area contributed by atoms with Crippen LogP contribution in [-0.4, -0.2) is 23.9 Å². The summed E-state index contributed by atoms with van der Waals surface area (Å²) in [5.41, 5.74) is 5.29. The van der Waals surface area contributed by atoms with Crippen LogP contribution >= 0.6 is 11.6 Å². The van der Waals surface area contributed by atoms with E-state index in [0.717, 1.165) is 0 Å². The molecular formula is C7H15ClN2O. The monoisotopic (exact) mass is 178 g/mol. The van der Waals surface area contributed by atoms with Crippen LogP contribution in [0.2, 0.25) is 0 Å². The number of halogens is 1. The minimum atomic E-state index is -0.345. The molecule has 0 saturated heterocycles. The second-order valence-corrected chi connectivity index (χ2v) is 3.58. The first kappa shape index (κ1) is 10.7. The fraction of sp³-hybridized carbons (Fsp3) is 0.857. The topological polar surface area (TPSA) is 55.1 Å². The fourth-order valence-electron chi connectivity index (χ4n) is 0.501. The number of hydrogen-bond acceptors (Lipinski definition) is 2. The van der Waals surface area contributed by atoms with Gasteiger partial charge in [0.2, 0.25) is 5.91 Å². The third-order valence-electron chi connectivity index (χ3n) is 1.06. The lowest BCUT2D eigenvalue weighted by molar-refractivity contribution is -0.120. The van der Waals surface area contributed by atoms with Gasteiger partial charge in [-0.1, -0.05) is 0 Å². The van der Waals surface area contributed by atoms with Gasteiger partial charge in [-0.15, -0.1) is 11.6 Å². The van der Waals surface area contributed by atoms with E-state index in [-0.39, 0.29) is 11.4 Å². The molecule has 0 aliphatic heterocycles. The predicted molar refractivity (Wildman–Crippen MR) is 46.6 cm³/mol. The Labute approximate surface area is 72.3 Å². The summed E-state index contributed by atoms with van der Waals surface area (Å²) in [5.74, 6) is 0.315. The zero-order chi connectivity index (χ0) is 8.91. The van der Waals surface area contributed by atoms with Crippen molar-refractivity contribution in [1.29, 1.82) is 0 Å². The van der Waals surface area contributed by atoms with Crippen molar-refractivity contribution in [3.05, 3.63) is 0 Å². The average molecular weight is 179 g/mol. The predicted octanol–water partition coefficient (Wildman–Crippen LogP) is 0.469.